The molecule has 23 heavy (non-hydrogen) atoms. The van der Waals surface area contributed by atoms with E-state index in [-0.39, 0.29) is 11.9 Å². The molecule has 1 aliphatic rings. The lowest BCUT2D eigenvalue weighted by Gasteiger charge is -2.30. The zero-order chi connectivity index (χ0) is 16.4. The van der Waals surface area contributed by atoms with Crippen LogP contribution in [0.1, 0.15) is 23.3 Å². The number of methoxy groups -OCH3 is 2. The standard InChI is InChI=1S/C17H23N3O3/c1-20-8-4-5-11(10-20)18-17(21)14-9-12-13(19-14)6-7-15(22-2)16(12)23-3/h6-7,9,11,19H,4-5,8,10H2,1-3H3,(H,18,21)/t11-/m1/s1. The first-order valence-corrected chi connectivity index (χ1v) is 7.85. The van der Waals surface area contributed by atoms with Gasteiger partial charge in [0.1, 0.15) is 5.69 Å². The summed E-state index contributed by atoms with van der Waals surface area (Å²) in [5.41, 5.74) is 1.40. The predicted octanol–water partition coefficient (Wildman–Crippen LogP) is 2.01. The molecule has 1 aromatic heterocycles. The van der Waals surface area contributed by atoms with Crippen LogP contribution in [0, 0.1) is 0 Å². The second-order valence-electron chi connectivity index (χ2n) is 6.02. The molecule has 6 heteroatoms. The zero-order valence-electron chi connectivity index (χ0n) is 13.8. The Morgan fingerprint density at radius 1 is 1.35 bits per heavy atom. The number of likely N-dealkylation sites (N-methyl/N-ethyl adjacent to an activating group) is 1. The Hall–Kier alpha value is -2.21. The number of hydrogen-bond acceptors (Lipinski definition) is 4. The van der Waals surface area contributed by atoms with Gasteiger partial charge in [-0.1, -0.05) is 0 Å². The summed E-state index contributed by atoms with van der Waals surface area (Å²) in [6, 6.07) is 5.74. The summed E-state index contributed by atoms with van der Waals surface area (Å²) in [6.07, 6.45) is 2.13. The Morgan fingerprint density at radius 3 is 2.87 bits per heavy atom. The average molecular weight is 317 g/mol. The van der Waals surface area contributed by atoms with Gasteiger partial charge in [0.25, 0.3) is 5.91 Å². The number of nitrogens with zero attached hydrogens (tertiary/aromatic N) is 1. The minimum Gasteiger partial charge on any atom is -0.493 e. The number of rotatable bonds is 4. The van der Waals surface area contributed by atoms with Crippen molar-refractivity contribution in [1.29, 1.82) is 0 Å². The molecule has 0 spiro atoms. The van der Waals surface area contributed by atoms with Crippen LogP contribution in [0.15, 0.2) is 18.2 Å². The number of carbonyl (C=O) groups excluding carboxylic acids is 1. The Balaban J connectivity index is 1.83. The number of likely N-dealkylation sites (tertiary alicyclic amines) is 1. The van der Waals surface area contributed by atoms with Crippen molar-refractivity contribution in [2.75, 3.05) is 34.4 Å². The van der Waals surface area contributed by atoms with E-state index in [0.717, 1.165) is 36.8 Å². The highest BCUT2D eigenvalue weighted by molar-refractivity contribution is 6.00. The van der Waals surface area contributed by atoms with E-state index in [2.05, 4.69) is 22.2 Å². The molecule has 1 fully saturated rings. The number of piperidine rings is 1. The first kappa shape index (κ1) is 15.7. The van der Waals surface area contributed by atoms with Crippen molar-refractivity contribution in [3.63, 3.8) is 0 Å². The first-order valence-electron chi connectivity index (χ1n) is 7.85. The maximum atomic E-state index is 12.5. The van der Waals surface area contributed by atoms with Crippen molar-refractivity contribution in [3.05, 3.63) is 23.9 Å². The van der Waals surface area contributed by atoms with Crippen LogP contribution in [-0.2, 0) is 0 Å². The quantitative estimate of drug-likeness (QED) is 0.905. The maximum absolute atomic E-state index is 12.5. The van der Waals surface area contributed by atoms with Gasteiger partial charge in [-0.05, 0) is 44.6 Å². The number of ether oxygens (including phenoxy) is 2. The zero-order valence-corrected chi connectivity index (χ0v) is 13.8. The topological polar surface area (TPSA) is 66.6 Å². The van der Waals surface area contributed by atoms with E-state index in [9.17, 15) is 4.79 Å². The van der Waals surface area contributed by atoms with Crippen LogP contribution in [0.2, 0.25) is 0 Å². The van der Waals surface area contributed by atoms with Gasteiger partial charge >= 0.3 is 0 Å². The summed E-state index contributed by atoms with van der Waals surface area (Å²) in [5.74, 6) is 1.21. The third-order valence-corrected chi connectivity index (χ3v) is 4.35. The van der Waals surface area contributed by atoms with Gasteiger partial charge in [0.15, 0.2) is 11.5 Å². The van der Waals surface area contributed by atoms with E-state index >= 15 is 0 Å². The Kier molecular flexibility index (Phi) is 4.43. The number of amides is 1. The van der Waals surface area contributed by atoms with Crippen molar-refractivity contribution in [2.24, 2.45) is 0 Å². The van der Waals surface area contributed by atoms with E-state index < -0.39 is 0 Å². The fourth-order valence-electron chi connectivity index (χ4n) is 3.20. The second-order valence-corrected chi connectivity index (χ2v) is 6.02. The Morgan fingerprint density at radius 2 is 2.17 bits per heavy atom. The van der Waals surface area contributed by atoms with Crippen LogP contribution in [0.4, 0.5) is 0 Å². The minimum atomic E-state index is -0.0810. The van der Waals surface area contributed by atoms with Crippen molar-refractivity contribution >= 4 is 16.8 Å². The van der Waals surface area contributed by atoms with Crippen LogP contribution >= 0.6 is 0 Å². The van der Waals surface area contributed by atoms with Crippen molar-refractivity contribution in [2.45, 2.75) is 18.9 Å². The molecule has 1 atom stereocenters. The summed E-state index contributed by atoms with van der Waals surface area (Å²) in [7, 11) is 5.28. The van der Waals surface area contributed by atoms with Gasteiger partial charge in [-0.2, -0.15) is 0 Å². The largest absolute Gasteiger partial charge is 0.493 e. The van der Waals surface area contributed by atoms with Gasteiger partial charge in [0.2, 0.25) is 0 Å². The smallest absolute Gasteiger partial charge is 0.267 e. The van der Waals surface area contributed by atoms with Crippen molar-refractivity contribution in [3.8, 4) is 11.5 Å². The third kappa shape index (κ3) is 3.12. The summed E-state index contributed by atoms with van der Waals surface area (Å²) < 4.78 is 10.7. The third-order valence-electron chi connectivity index (χ3n) is 4.35. The summed E-state index contributed by atoms with van der Waals surface area (Å²) in [6.45, 7) is 1.98. The van der Waals surface area contributed by atoms with Crippen molar-refractivity contribution in [1.82, 2.24) is 15.2 Å². The Bertz CT molecular complexity index is 710. The fraction of sp³-hybridized carbons (Fsp3) is 0.471. The molecule has 0 unspecified atom stereocenters. The molecule has 2 aromatic rings. The molecule has 6 nitrogen and oxygen atoms in total. The molecule has 1 aromatic carbocycles. The number of H-pyrrole nitrogens is 1. The van der Waals surface area contributed by atoms with Crippen LogP contribution in [0.5, 0.6) is 11.5 Å². The van der Waals surface area contributed by atoms with E-state index in [4.69, 9.17) is 9.47 Å². The van der Waals surface area contributed by atoms with Gasteiger partial charge in [0.05, 0.1) is 19.7 Å². The number of aromatic amines is 1. The summed E-state index contributed by atoms with van der Waals surface area (Å²) >= 11 is 0. The van der Waals surface area contributed by atoms with E-state index in [1.54, 1.807) is 14.2 Å². The Labute approximate surface area is 135 Å². The van der Waals surface area contributed by atoms with E-state index in [0.29, 0.717) is 17.2 Å². The molecule has 2 heterocycles. The van der Waals surface area contributed by atoms with Crippen LogP contribution in [0.3, 0.4) is 0 Å². The molecule has 0 radical (unpaired) electrons. The highest BCUT2D eigenvalue weighted by Crippen LogP contribution is 2.35. The molecule has 3 rings (SSSR count). The minimum absolute atomic E-state index is 0.0810. The number of aromatic nitrogens is 1. The van der Waals surface area contributed by atoms with Gasteiger partial charge < -0.3 is 24.7 Å². The first-order chi connectivity index (χ1) is 11.1. The van der Waals surface area contributed by atoms with Crippen LogP contribution < -0.4 is 14.8 Å². The average Bonchev–Trinajstić information content (AvgIpc) is 2.98. The lowest BCUT2D eigenvalue weighted by Crippen LogP contribution is -2.46. The molecule has 1 aliphatic heterocycles. The van der Waals surface area contributed by atoms with Crippen LogP contribution in [-0.4, -0.2) is 56.2 Å². The highest BCUT2D eigenvalue weighted by atomic mass is 16.5. The number of fused-ring (bicyclic) bond motifs is 1. The molecule has 124 valence electrons. The van der Waals surface area contributed by atoms with Crippen molar-refractivity contribution < 1.29 is 14.3 Å². The molecule has 0 aliphatic carbocycles. The molecule has 0 bridgehead atoms. The van der Waals surface area contributed by atoms with Gasteiger partial charge in [-0.25, -0.2) is 0 Å². The normalized spacial score (nSPS) is 18.8. The highest BCUT2D eigenvalue weighted by Gasteiger charge is 2.21. The predicted molar refractivity (Wildman–Crippen MR) is 89.4 cm³/mol. The van der Waals surface area contributed by atoms with Crippen LogP contribution in [0.25, 0.3) is 10.9 Å². The molecule has 0 saturated carbocycles. The molecule has 1 saturated heterocycles. The molecule has 1 amide bonds. The van der Waals surface area contributed by atoms with Gasteiger partial charge in [0, 0.05) is 18.0 Å². The molecular formula is C17H23N3O3. The SMILES string of the molecule is COc1ccc2[nH]c(C(=O)N[C@@H]3CCCN(C)C3)cc2c1OC. The maximum Gasteiger partial charge on any atom is 0.267 e. The lowest BCUT2D eigenvalue weighted by molar-refractivity contribution is 0.0908. The van der Waals surface area contributed by atoms with E-state index in [1.165, 1.54) is 0 Å². The molecule has 2 N–H and O–H groups in total. The fourth-order valence-corrected chi connectivity index (χ4v) is 3.20. The second kappa shape index (κ2) is 6.50. The number of nitrogens with one attached hydrogen (secondary N) is 2. The summed E-state index contributed by atoms with van der Waals surface area (Å²) in [4.78, 5) is 17.9. The van der Waals surface area contributed by atoms with E-state index in [1.807, 2.05) is 18.2 Å². The monoisotopic (exact) mass is 317 g/mol. The summed E-state index contributed by atoms with van der Waals surface area (Å²) in [5, 5.41) is 3.95. The van der Waals surface area contributed by atoms with Gasteiger partial charge in [-0.3, -0.25) is 4.79 Å². The number of hydrogen-bond donors (Lipinski definition) is 2. The molecular weight excluding hydrogens is 294 g/mol. The number of carbonyl (C=O) groups is 1. The number of benzene rings is 1. The van der Waals surface area contributed by atoms with Gasteiger partial charge in [-0.15, -0.1) is 0 Å². The lowest BCUT2D eigenvalue weighted by atomic mass is 10.1.